The van der Waals surface area contributed by atoms with E-state index in [1.807, 2.05) is 44.0 Å². The number of nitrogens with two attached hydrogens (primary N) is 1. The molecule has 0 fully saturated rings. The van der Waals surface area contributed by atoms with Crippen molar-refractivity contribution in [1.29, 1.82) is 0 Å². The van der Waals surface area contributed by atoms with E-state index in [2.05, 4.69) is 15.6 Å². The minimum Gasteiger partial charge on any atom is -0.275 e. The fraction of sp³-hybridized carbons (Fsp3) is 0.400. The normalized spacial score (nSPS) is 13.0. The molecule has 3 N–H and O–H groups in total. The smallest absolute Gasteiger partial charge is 0.107 e. The summed E-state index contributed by atoms with van der Waals surface area (Å²) in [5.74, 6) is 5.58. The second kappa shape index (κ2) is 4.07. The van der Waals surface area contributed by atoms with Gasteiger partial charge in [-0.05, 0) is 19.1 Å². The van der Waals surface area contributed by atoms with Crippen molar-refractivity contribution in [2.24, 2.45) is 19.9 Å². The third kappa shape index (κ3) is 1.84. The van der Waals surface area contributed by atoms with E-state index in [1.165, 1.54) is 0 Å². The van der Waals surface area contributed by atoms with Crippen LogP contribution in [0.1, 0.15) is 23.1 Å². The van der Waals surface area contributed by atoms with Gasteiger partial charge in [0.15, 0.2) is 0 Å². The summed E-state index contributed by atoms with van der Waals surface area (Å²) < 4.78 is 3.57. The summed E-state index contributed by atoms with van der Waals surface area (Å²) in [7, 11) is 3.78. The van der Waals surface area contributed by atoms with Crippen LogP contribution in [0.3, 0.4) is 0 Å². The lowest BCUT2D eigenvalue weighted by molar-refractivity contribution is 0.554. The van der Waals surface area contributed by atoms with Gasteiger partial charge >= 0.3 is 0 Å². The lowest BCUT2D eigenvalue weighted by Gasteiger charge is -2.13. The van der Waals surface area contributed by atoms with Gasteiger partial charge in [-0.2, -0.15) is 10.2 Å². The Morgan fingerprint density at radius 3 is 2.56 bits per heavy atom. The van der Waals surface area contributed by atoms with E-state index in [0.717, 1.165) is 17.1 Å². The topological polar surface area (TPSA) is 73.7 Å². The van der Waals surface area contributed by atoms with Crippen molar-refractivity contribution >= 4 is 0 Å². The van der Waals surface area contributed by atoms with Crippen LogP contribution >= 0.6 is 0 Å². The Morgan fingerprint density at radius 1 is 1.38 bits per heavy atom. The summed E-state index contributed by atoms with van der Waals surface area (Å²) in [6.07, 6.45) is 1.89. The molecule has 0 aliphatic heterocycles. The van der Waals surface area contributed by atoms with E-state index in [1.54, 1.807) is 4.68 Å². The van der Waals surface area contributed by atoms with Gasteiger partial charge in [0, 0.05) is 20.3 Å². The van der Waals surface area contributed by atoms with Crippen LogP contribution in [-0.2, 0) is 14.1 Å². The molecule has 2 aromatic rings. The maximum atomic E-state index is 5.58. The highest BCUT2D eigenvalue weighted by Crippen LogP contribution is 2.19. The lowest BCUT2D eigenvalue weighted by Crippen LogP contribution is -2.30. The van der Waals surface area contributed by atoms with Crippen molar-refractivity contribution < 1.29 is 0 Å². The van der Waals surface area contributed by atoms with Crippen molar-refractivity contribution in [1.82, 2.24) is 25.0 Å². The molecular formula is C10H16N6. The van der Waals surface area contributed by atoms with Crippen LogP contribution in [0, 0.1) is 6.92 Å². The average molecular weight is 220 g/mol. The zero-order chi connectivity index (χ0) is 11.7. The third-order valence-electron chi connectivity index (χ3n) is 2.53. The Bertz CT molecular complexity index is 483. The summed E-state index contributed by atoms with van der Waals surface area (Å²) in [6.45, 7) is 1.95. The average Bonchev–Trinajstić information content (AvgIpc) is 2.76. The minimum atomic E-state index is -0.132. The highest BCUT2D eigenvalue weighted by molar-refractivity contribution is 5.22. The van der Waals surface area contributed by atoms with Gasteiger partial charge in [0.1, 0.15) is 6.04 Å². The first-order valence-electron chi connectivity index (χ1n) is 5.08. The fourth-order valence-electron chi connectivity index (χ4n) is 1.81. The van der Waals surface area contributed by atoms with E-state index in [0.29, 0.717) is 0 Å². The van der Waals surface area contributed by atoms with Crippen LogP contribution in [0.5, 0.6) is 0 Å². The number of hydrazine groups is 1. The zero-order valence-electron chi connectivity index (χ0n) is 9.68. The second-order valence-corrected chi connectivity index (χ2v) is 3.85. The number of hydrogen-bond acceptors (Lipinski definition) is 4. The van der Waals surface area contributed by atoms with Gasteiger partial charge in [0.2, 0.25) is 0 Å². The summed E-state index contributed by atoms with van der Waals surface area (Å²) in [5, 5.41) is 8.64. The molecule has 6 nitrogen and oxygen atoms in total. The predicted octanol–water partition coefficient (Wildman–Crippen LogP) is 0.0147. The van der Waals surface area contributed by atoms with Crippen LogP contribution in [0.4, 0.5) is 0 Å². The summed E-state index contributed by atoms with van der Waals surface area (Å²) in [6, 6.07) is 3.80. The summed E-state index contributed by atoms with van der Waals surface area (Å²) >= 11 is 0. The minimum absolute atomic E-state index is 0.132. The Balaban J connectivity index is 2.40. The molecule has 2 heterocycles. The second-order valence-electron chi connectivity index (χ2n) is 3.85. The van der Waals surface area contributed by atoms with E-state index in [4.69, 9.17) is 5.84 Å². The number of rotatable bonds is 3. The van der Waals surface area contributed by atoms with Crippen LogP contribution in [-0.4, -0.2) is 19.6 Å². The van der Waals surface area contributed by atoms with Crippen molar-refractivity contribution in [3.8, 4) is 0 Å². The van der Waals surface area contributed by atoms with Gasteiger partial charge in [-0.1, -0.05) is 0 Å². The third-order valence-corrected chi connectivity index (χ3v) is 2.53. The van der Waals surface area contributed by atoms with Gasteiger partial charge in [-0.3, -0.25) is 15.2 Å². The molecular weight excluding hydrogens is 204 g/mol. The highest BCUT2D eigenvalue weighted by Gasteiger charge is 2.18. The molecule has 86 valence electrons. The largest absolute Gasteiger partial charge is 0.275 e. The molecule has 0 bridgehead atoms. The quantitative estimate of drug-likeness (QED) is 0.564. The SMILES string of the molecule is Cc1cc(C(NN)c2ccn(C)n2)n(C)n1. The molecule has 0 aliphatic rings. The molecule has 16 heavy (non-hydrogen) atoms. The van der Waals surface area contributed by atoms with Gasteiger partial charge in [-0.15, -0.1) is 0 Å². The van der Waals surface area contributed by atoms with Gasteiger partial charge in [-0.25, -0.2) is 5.43 Å². The van der Waals surface area contributed by atoms with Gasteiger partial charge < -0.3 is 0 Å². The van der Waals surface area contributed by atoms with Crippen molar-refractivity contribution in [2.45, 2.75) is 13.0 Å². The first-order chi connectivity index (χ1) is 7.61. The molecule has 0 saturated carbocycles. The van der Waals surface area contributed by atoms with Crippen molar-refractivity contribution in [2.75, 3.05) is 0 Å². The van der Waals surface area contributed by atoms with E-state index >= 15 is 0 Å². The molecule has 2 rings (SSSR count). The van der Waals surface area contributed by atoms with Crippen molar-refractivity contribution in [3.63, 3.8) is 0 Å². The number of hydrogen-bond donors (Lipinski definition) is 2. The van der Waals surface area contributed by atoms with E-state index in [9.17, 15) is 0 Å². The maximum Gasteiger partial charge on any atom is 0.107 e. The molecule has 0 amide bonds. The first-order valence-corrected chi connectivity index (χ1v) is 5.08. The van der Waals surface area contributed by atoms with Crippen LogP contribution < -0.4 is 11.3 Å². The number of nitrogens with one attached hydrogen (secondary N) is 1. The standard InChI is InChI=1S/C10H16N6/c1-7-6-9(16(3)13-7)10(12-11)8-4-5-15(2)14-8/h4-6,10,12H,11H2,1-3H3. The molecule has 0 spiro atoms. The molecule has 2 aromatic heterocycles. The Hall–Kier alpha value is -1.66. The number of aromatic nitrogens is 4. The Labute approximate surface area is 94.0 Å². The van der Waals surface area contributed by atoms with Crippen LogP contribution in [0.15, 0.2) is 18.3 Å². The van der Waals surface area contributed by atoms with E-state index in [-0.39, 0.29) is 6.04 Å². The fourth-order valence-corrected chi connectivity index (χ4v) is 1.81. The molecule has 1 unspecified atom stereocenters. The molecule has 0 aliphatic carbocycles. The summed E-state index contributed by atoms with van der Waals surface area (Å²) in [4.78, 5) is 0. The van der Waals surface area contributed by atoms with Crippen LogP contribution in [0.2, 0.25) is 0 Å². The summed E-state index contributed by atoms with van der Waals surface area (Å²) in [5.41, 5.74) is 5.61. The monoisotopic (exact) mass is 220 g/mol. The van der Waals surface area contributed by atoms with Crippen molar-refractivity contribution in [3.05, 3.63) is 35.4 Å². The van der Waals surface area contributed by atoms with Crippen LogP contribution in [0.25, 0.3) is 0 Å². The molecule has 0 radical (unpaired) electrons. The lowest BCUT2D eigenvalue weighted by atomic mass is 10.1. The van der Waals surface area contributed by atoms with Gasteiger partial charge in [0.25, 0.3) is 0 Å². The molecule has 0 saturated heterocycles. The predicted molar refractivity (Wildman–Crippen MR) is 60.3 cm³/mol. The Morgan fingerprint density at radius 2 is 2.12 bits per heavy atom. The molecule has 1 atom stereocenters. The zero-order valence-corrected chi connectivity index (χ0v) is 9.68. The highest BCUT2D eigenvalue weighted by atomic mass is 15.3. The number of nitrogens with zero attached hydrogens (tertiary/aromatic N) is 4. The maximum absolute atomic E-state index is 5.58. The van der Waals surface area contributed by atoms with Gasteiger partial charge in [0.05, 0.1) is 17.1 Å². The Kier molecular flexibility index (Phi) is 2.76. The number of aryl methyl sites for hydroxylation is 3. The molecule has 6 heteroatoms. The first kappa shape index (κ1) is 10.8. The van der Waals surface area contributed by atoms with E-state index < -0.39 is 0 Å². The molecule has 0 aromatic carbocycles.